The second kappa shape index (κ2) is 5.69. The second-order valence-electron chi connectivity index (χ2n) is 4.44. The van der Waals surface area contributed by atoms with Crippen molar-refractivity contribution in [2.24, 2.45) is 0 Å². The molecule has 1 atom stereocenters. The number of nitrogens with zero attached hydrogens (tertiary/aromatic N) is 1. The van der Waals surface area contributed by atoms with Crippen molar-refractivity contribution in [2.45, 2.75) is 31.7 Å². The van der Waals surface area contributed by atoms with E-state index in [1.807, 2.05) is 0 Å². The minimum atomic E-state index is 0.571. The predicted molar refractivity (Wildman–Crippen MR) is 57.5 cm³/mol. The van der Waals surface area contributed by atoms with Gasteiger partial charge in [0, 0.05) is 19.1 Å². The van der Waals surface area contributed by atoms with Crippen LogP contribution >= 0.6 is 0 Å². The summed E-state index contributed by atoms with van der Waals surface area (Å²) in [4.78, 5) is 2.60. The third-order valence-electron chi connectivity index (χ3n) is 3.18. The molecule has 0 aromatic carbocycles. The highest BCUT2D eigenvalue weighted by molar-refractivity contribution is 4.75. The first kappa shape index (κ1) is 10.4. The summed E-state index contributed by atoms with van der Waals surface area (Å²) in [5, 5.41) is 3.52. The minimum absolute atomic E-state index is 0.571. The summed E-state index contributed by atoms with van der Waals surface area (Å²) >= 11 is 0. The van der Waals surface area contributed by atoms with E-state index in [1.54, 1.807) is 0 Å². The van der Waals surface area contributed by atoms with Crippen LogP contribution < -0.4 is 5.32 Å². The predicted octanol–water partition coefficient (Wildman–Crippen LogP) is 0.851. The number of rotatable bonds is 2. The van der Waals surface area contributed by atoms with Gasteiger partial charge in [-0.1, -0.05) is 12.8 Å². The number of likely N-dealkylation sites (tertiary alicyclic amines) is 1. The first-order chi connectivity index (χ1) is 6.95. The van der Waals surface area contributed by atoms with Gasteiger partial charge in [-0.25, -0.2) is 0 Å². The molecule has 2 rings (SSSR count). The fourth-order valence-corrected chi connectivity index (χ4v) is 2.37. The van der Waals surface area contributed by atoms with Gasteiger partial charge in [0.25, 0.3) is 0 Å². The van der Waals surface area contributed by atoms with E-state index < -0.39 is 0 Å². The lowest BCUT2D eigenvalue weighted by Crippen LogP contribution is -2.48. The molecule has 82 valence electrons. The van der Waals surface area contributed by atoms with Crippen LogP contribution in [0.3, 0.4) is 0 Å². The molecule has 0 bridgehead atoms. The van der Waals surface area contributed by atoms with E-state index >= 15 is 0 Å². The van der Waals surface area contributed by atoms with Crippen LogP contribution in [0.5, 0.6) is 0 Å². The van der Waals surface area contributed by atoms with Crippen LogP contribution in [0.25, 0.3) is 0 Å². The molecule has 2 heterocycles. The molecular weight excluding hydrogens is 176 g/mol. The lowest BCUT2D eigenvalue weighted by molar-refractivity contribution is 0.0623. The highest BCUT2D eigenvalue weighted by atomic mass is 16.5. The first-order valence-corrected chi connectivity index (χ1v) is 5.98. The summed E-state index contributed by atoms with van der Waals surface area (Å²) in [6.07, 6.45) is 5.61. The van der Waals surface area contributed by atoms with Crippen molar-refractivity contribution in [3.05, 3.63) is 0 Å². The van der Waals surface area contributed by atoms with E-state index in [1.165, 1.54) is 45.3 Å². The van der Waals surface area contributed by atoms with Crippen LogP contribution in [0.4, 0.5) is 0 Å². The summed E-state index contributed by atoms with van der Waals surface area (Å²) in [7, 11) is 0. The van der Waals surface area contributed by atoms with Gasteiger partial charge in [-0.3, -0.25) is 0 Å². The molecule has 3 nitrogen and oxygen atoms in total. The molecule has 3 heteroatoms. The van der Waals surface area contributed by atoms with Gasteiger partial charge in [-0.05, 0) is 25.9 Å². The normalized spacial score (nSPS) is 31.3. The molecule has 1 N–H and O–H groups in total. The second-order valence-corrected chi connectivity index (χ2v) is 4.44. The maximum atomic E-state index is 5.47. The lowest BCUT2D eigenvalue weighted by atomic mass is 10.2. The van der Waals surface area contributed by atoms with Gasteiger partial charge in [0.2, 0.25) is 0 Å². The number of ether oxygens (including phenoxy) is 1. The highest BCUT2D eigenvalue weighted by Gasteiger charge is 2.17. The Kier molecular flexibility index (Phi) is 4.22. The number of morpholine rings is 1. The van der Waals surface area contributed by atoms with Crippen LogP contribution in [0, 0.1) is 0 Å². The molecule has 0 spiro atoms. The number of nitrogens with one attached hydrogen (secondary N) is 1. The van der Waals surface area contributed by atoms with Crippen molar-refractivity contribution in [3.8, 4) is 0 Å². The van der Waals surface area contributed by atoms with Crippen molar-refractivity contribution < 1.29 is 4.74 Å². The smallest absolute Gasteiger partial charge is 0.0632 e. The Bertz CT molecular complexity index is 149. The summed E-state index contributed by atoms with van der Waals surface area (Å²) in [6.45, 7) is 6.57. The third-order valence-corrected chi connectivity index (χ3v) is 3.18. The molecule has 2 saturated heterocycles. The van der Waals surface area contributed by atoms with Crippen molar-refractivity contribution >= 4 is 0 Å². The molecule has 2 fully saturated rings. The maximum Gasteiger partial charge on any atom is 0.0632 e. The topological polar surface area (TPSA) is 24.5 Å². The number of hydrogen-bond acceptors (Lipinski definition) is 3. The molecule has 0 radical (unpaired) electrons. The largest absolute Gasteiger partial charge is 0.378 e. The van der Waals surface area contributed by atoms with Gasteiger partial charge >= 0.3 is 0 Å². The Hall–Kier alpha value is -0.120. The zero-order valence-corrected chi connectivity index (χ0v) is 9.00. The van der Waals surface area contributed by atoms with Gasteiger partial charge in [0.15, 0.2) is 0 Å². The standard InChI is InChI=1S/C11H22N2O/c1-2-4-7-13(6-3-1)9-11-10-14-8-5-12-11/h11-12H,1-10H2/t11-/m0/s1. The van der Waals surface area contributed by atoms with E-state index in [0.29, 0.717) is 6.04 Å². The van der Waals surface area contributed by atoms with E-state index in [-0.39, 0.29) is 0 Å². The summed E-state index contributed by atoms with van der Waals surface area (Å²) in [5.74, 6) is 0. The molecule has 0 saturated carbocycles. The van der Waals surface area contributed by atoms with Gasteiger partial charge < -0.3 is 15.0 Å². The zero-order chi connectivity index (χ0) is 9.64. The maximum absolute atomic E-state index is 5.47. The molecule has 0 aliphatic carbocycles. The van der Waals surface area contributed by atoms with Gasteiger partial charge in [0.05, 0.1) is 13.2 Å². The van der Waals surface area contributed by atoms with Crippen molar-refractivity contribution in [1.29, 1.82) is 0 Å². The van der Waals surface area contributed by atoms with E-state index in [0.717, 1.165) is 19.8 Å². The SMILES string of the molecule is C1CCCN(C[C@H]2COCCN2)CC1. The number of hydrogen-bond donors (Lipinski definition) is 1. The first-order valence-electron chi connectivity index (χ1n) is 5.98. The zero-order valence-electron chi connectivity index (χ0n) is 9.00. The monoisotopic (exact) mass is 198 g/mol. The molecule has 14 heavy (non-hydrogen) atoms. The fraction of sp³-hybridized carbons (Fsp3) is 1.00. The van der Waals surface area contributed by atoms with E-state index in [2.05, 4.69) is 10.2 Å². The molecule has 2 aliphatic rings. The Morgan fingerprint density at radius 3 is 2.57 bits per heavy atom. The Morgan fingerprint density at radius 1 is 1.14 bits per heavy atom. The Balaban J connectivity index is 1.71. The van der Waals surface area contributed by atoms with Crippen LogP contribution in [-0.2, 0) is 4.74 Å². The molecule has 2 aliphatic heterocycles. The molecular formula is C11H22N2O. The van der Waals surface area contributed by atoms with Crippen molar-refractivity contribution in [2.75, 3.05) is 39.4 Å². The van der Waals surface area contributed by atoms with Crippen LogP contribution in [0.1, 0.15) is 25.7 Å². The van der Waals surface area contributed by atoms with Crippen LogP contribution in [0.2, 0.25) is 0 Å². The van der Waals surface area contributed by atoms with Gasteiger partial charge in [0.1, 0.15) is 0 Å². The minimum Gasteiger partial charge on any atom is -0.378 e. The Labute approximate surface area is 86.8 Å². The molecule has 0 aromatic heterocycles. The van der Waals surface area contributed by atoms with E-state index in [4.69, 9.17) is 4.74 Å². The van der Waals surface area contributed by atoms with Crippen molar-refractivity contribution in [3.63, 3.8) is 0 Å². The lowest BCUT2D eigenvalue weighted by Gasteiger charge is -2.29. The third kappa shape index (κ3) is 3.23. The summed E-state index contributed by atoms with van der Waals surface area (Å²) in [6, 6.07) is 0.571. The molecule has 0 amide bonds. The average Bonchev–Trinajstić information content (AvgIpc) is 2.48. The van der Waals surface area contributed by atoms with Crippen LogP contribution in [-0.4, -0.2) is 50.3 Å². The molecule has 0 unspecified atom stereocenters. The average molecular weight is 198 g/mol. The summed E-state index contributed by atoms with van der Waals surface area (Å²) in [5.41, 5.74) is 0. The van der Waals surface area contributed by atoms with E-state index in [9.17, 15) is 0 Å². The van der Waals surface area contributed by atoms with Crippen molar-refractivity contribution in [1.82, 2.24) is 10.2 Å². The molecule has 0 aromatic rings. The van der Waals surface area contributed by atoms with Gasteiger partial charge in [-0.2, -0.15) is 0 Å². The van der Waals surface area contributed by atoms with Gasteiger partial charge in [-0.15, -0.1) is 0 Å². The highest BCUT2D eigenvalue weighted by Crippen LogP contribution is 2.10. The summed E-state index contributed by atoms with van der Waals surface area (Å²) < 4.78 is 5.47. The van der Waals surface area contributed by atoms with Crippen LogP contribution in [0.15, 0.2) is 0 Å². The fourth-order valence-electron chi connectivity index (χ4n) is 2.37. The quantitative estimate of drug-likeness (QED) is 0.712. The Morgan fingerprint density at radius 2 is 1.93 bits per heavy atom.